The van der Waals surface area contributed by atoms with E-state index >= 15 is 0 Å². The fourth-order valence-corrected chi connectivity index (χ4v) is 11.5. The molecule has 0 aromatic carbocycles. The van der Waals surface area contributed by atoms with Crippen molar-refractivity contribution in [2.45, 2.75) is 145 Å². The van der Waals surface area contributed by atoms with E-state index in [4.69, 9.17) is 9.47 Å². The van der Waals surface area contributed by atoms with Crippen LogP contribution in [0.1, 0.15) is 133 Å². The van der Waals surface area contributed by atoms with Crippen LogP contribution in [0.5, 0.6) is 0 Å². The highest BCUT2D eigenvalue weighted by atomic mass is 16.6. The Hall–Kier alpha value is -2.38. The van der Waals surface area contributed by atoms with E-state index < -0.39 is 17.1 Å². The minimum absolute atomic E-state index is 0.0445. The Balaban J connectivity index is 1.31. The number of ketones is 1. The molecular weight excluding hydrogens is 592 g/mol. The molecule has 4 fully saturated rings. The number of ether oxygens (including phenoxy) is 2. The summed E-state index contributed by atoms with van der Waals surface area (Å²) in [5.41, 5.74) is -0.0974. The van der Waals surface area contributed by atoms with E-state index in [9.17, 15) is 19.2 Å². The lowest BCUT2D eigenvalue weighted by Gasteiger charge is -2.67. The lowest BCUT2D eigenvalue weighted by atomic mass is 9.37. The first-order chi connectivity index (χ1) is 21.7. The molecule has 5 aliphatic rings. The Kier molecular flexibility index (Phi) is 9.32. The molecule has 4 saturated carbocycles. The van der Waals surface area contributed by atoms with Gasteiger partial charge in [-0.3, -0.25) is 14.4 Å². The monoisotopic (exact) mass is 654 g/mol. The van der Waals surface area contributed by atoms with Crippen molar-refractivity contribution in [1.29, 1.82) is 0 Å². The van der Waals surface area contributed by atoms with E-state index in [1.165, 1.54) is 12.5 Å². The van der Waals surface area contributed by atoms with E-state index in [2.05, 4.69) is 58.3 Å². The maximum Gasteiger partial charge on any atom is 0.407 e. The SMILES string of the molecule is CC(=O)O[C@H]1CC[C@]2(C)[C@H]3C(=O)C=C4C5C[C@@](C)(C(=O)NCCCNC(=O)OC(C)(C)C)CC[C@]5(C)CCC4[C@]3(C)CC[C@H]2C1(C)C. The molecule has 0 saturated heterocycles. The standard InChI is InChI=1S/C39H62N2O6/c1-24(42)46-30-14-17-39(10)29(35(30,5)6)13-16-38(9)26-12-15-36(7)18-19-37(8,23-27(36)25(26)22-28(43)31(38)39)32(44)40-20-11-21-41-33(45)47-34(2,3)4/h22,26-27,29-31H,11-21,23H2,1-10H3,(H,40,44)(H,41,45)/t26?,27?,29-,30-,31-,36-,37-,38-,39-/m0/s1. The molecule has 0 bridgehead atoms. The summed E-state index contributed by atoms with van der Waals surface area (Å²) in [7, 11) is 0. The summed E-state index contributed by atoms with van der Waals surface area (Å²) >= 11 is 0. The van der Waals surface area contributed by atoms with Crippen LogP contribution in [0, 0.1) is 50.7 Å². The number of rotatable bonds is 6. The first kappa shape index (κ1) is 35.9. The summed E-state index contributed by atoms with van der Waals surface area (Å²) in [6.07, 6.45) is 10.7. The van der Waals surface area contributed by atoms with Crippen molar-refractivity contribution in [2.75, 3.05) is 13.1 Å². The van der Waals surface area contributed by atoms with Gasteiger partial charge in [-0.05, 0) is 125 Å². The summed E-state index contributed by atoms with van der Waals surface area (Å²) in [5, 5.41) is 5.93. The number of carbonyl (C=O) groups is 4. The maximum atomic E-state index is 14.5. The van der Waals surface area contributed by atoms with E-state index in [0.717, 1.165) is 57.8 Å². The fourth-order valence-electron chi connectivity index (χ4n) is 11.5. The van der Waals surface area contributed by atoms with Gasteiger partial charge in [0.2, 0.25) is 5.91 Å². The third-order valence-corrected chi connectivity index (χ3v) is 13.9. The summed E-state index contributed by atoms with van der Waals surface area (Å²) in [5.74, 6) is 0.957. The van der Waals surface area contributed by atoms with Gasteiger partial charge in [0.25, 0.3) is 0 Å². The van der Waals surface area contributed by atoms with Crippen LogP contribution < -0.4 is 10.6 Å². The molecule has 264 valence electrons. The molecule has 5 aliphatic carbocycles. The Bertz CT molecular complexity index is 1310. The zero-order valence-corrected chi connectivity index (χ0v) is 30.9. The van der Waals surface area contributed by atoms with Crippen LogP contribution in [0.25, 0.3) is 0 Å². The van der Waals surface area contributed by atoms with E-state index in [1.54, 1.807) is 0 Å². The molecule has 0 radical (unpaired) electrons. The molecule has 0 heterocycles. The molecule has 2 N–H and O–H groups in total. The third kappa shape index (κ3) is 6.40. The molecule has 5 rings (SSSR count). The number of amides is 2. The number of fused-ring (bicyclic) bond motifs is 7. The molecule has 0 aromatic heterocycles. The number of nitrogens with one attached hydrogen (secondary N) is 2. The number of hydrogen-bond donors (Lipinski definition) is 2. The van der Waals surface area contributed by atoms with Gasteiger partial charge < -0.3 is 20.1 Å². The smallest absolute Gasteiger partial charge is 0.407 e. The number of esters is 1. The number of alkyl carbamates (subject to hydrolysis) is 1. The number of hydrogen-bond acceptors (Lipinski definition) is 6. The number of allylic oxidation sites excluding steroid dienone is 2. The van der Waals surface area contributed by atoms with Crippen LogP contribution in [0.15, 0.2) is 11.6 Å². The average Bonchev–Trinajstić information content (AvgIpc) is 2.93. The van der Waals surface area contributed by atoms with E-state index in [-0.39, 0.29) is 57.3 Å². The Morgan fingerprint density at radius 3 is 2.17 bits per heavy atom. The van der Waals surface area contributed by atoms with Crippen LogP contribution in [0.3, 0.4) is 0 Å². The second-order valence-corrected chi connectivity index (χ2v) is 18.6. The highest BCUT2D eigenvalue weighted by Crippen LogP contribution is 2.71. The van der Waals surface area contributed by atoms with Crippen molar-refractivity contribution in [1.82, 2.24) is 10.6 Å². The molecule has 2 amide bonds. The van der Waals surface area contributed by atoms with Gasteiger partial charge in [0.15, 0.2) is 5.78 Å². The predicted molar refractivity (Wildman–Crippen MR) is 182 cm³/mol. The predicted octanol–water partition coefficient (Wildman–Crippen LogP) is 7.54. The number of carbonyl (C=O) groups excluding carboxylic acids is 4. The van der Waals surface area contributed by atoms with E-state index in [0.29, 0.717) is 31.3 Å². The summed E-state index contributed by atoms with van der Waals surface area (Å²) < 4.78 is 11.2. The summed E-state index contributed by atoms with van der Waals surface area (Å²) in [6.45, 7) is 21.7. The van der Waals surface area contributed by atoms with Gasteiger partial charge in [0, 0.05) is 36.8 Å². The zero-order chi connectivity index (χ0) is 34.8. The summed E-state index contributed by atoms with van der Waals surface area (Å²) in [4.78, 5) is 52.2. The van der Waals surface area contributed by atoms with Crippen molar-refractivity contribution < 1.29 is 28.7 Å². The van der Waals surface area contributed by atoms with Crippen LogP contribution in [0.2, 0.25) is 0 Å². The van der Waals surface area contributed by atoms with Crippen LogP contribution in [-0.2, 0) is 23.9 Å². The van der Waals surface area contributed by atoms with Gasteiger partial charge in [-0.25, -0.2) is 4.79 Å². The average molecular weight is 655 g/mol. The highest BCUT2D eigenvalue weighted by Gasteiger charge is 2.67. The second-order valence-electron chi connectivity index (χ2n) is 18.6. The molecule has 0 spiro atoms. The molecule has 0 aromatic rings. The Morgan fingerprint density at radius 2 is 1.51 bits per heavy atom. The molecule has 8 nitrogen and oxygen atoms in total. The van der Waals surface area contributed by atoms with E-state index in [1.807, 2.05) is 20.8 Å². The lowest BCUT2D eigenvalue weighted by Crippen LogP contribution is -2.64. The minimum Gasteiger partial charge on any atom is -0.462 e. The molecule has 47 heavy (non-hydrogen) atoms. The zero-order valence-electron chi connectivity index (χ0n) is 30.9. The quantitative estimate of drug-likeness (QED) is 0.226. The first-order valence-corrected chi connectivity index (χ1v) is 18.3. The molecular formula is C39H62N2O6. The second kappa shape index (κ2) is 12.2. The van der Waals surface area contributed by atoms with Gasteiger partial charge in [-0.1, -0.05) is 47.1 Å². The van der Waals surface area contributed by atoms with Crippen molar-refractivity contribution in [3.05, 3.63) is 11.6 Å². The highest BCUT2D eigenvalue weighted by molar-refractivity contribution is 5.95. The normalized spacial score (nSPS) is 40.8. The molecule has 9 atom stereocenters. The minimum atomic E-state index is -0.544. The largest absolute Gasteiger partial charge is 0.462 e. The van der Waals surface area contributed by atoms with Crippen LogP contribution in [-0.4, -0.2) is 48.5 Å². The lowest BCUT2D eigenvalue weighted by molar-refractivity contribution is -0.200. The first-order valence-electron chi connectivity index (χ1n) is 18.3. The summed E-state index contributed by atoms with van der Waals surface area (Å²) in [6, 6.07) is 0. The van der Waals surface area contributed by atoms with Gasteiger partial charge in [-0.15, -0.1) is 0 Å². The molecule has 0 aliphatic heterocycles. The third-order valence-electron chi connectivity index (χ3n) is 13.9. The van der Waals surface area contributed by atoms with Crippen LogP contribution in [0.4, 0.5) is 4.79 Å². The van der Waals surface area contributed by atoms with Gasteiger partial charge in [-0.2, -0.15) is 0 Å². The van der Waals surface area contributed by atoms with Crippen molar-refractivity contribution >= 4 is 23.8 Å². The Labute approximate surface area is 283 Å². The van der Waals surface area contributed by atoms with Crippen LogP contribution >= 0.6 is 0 Å². The molecule has 8 heteroatoms. The Morgan fingerprint density at radius 1 is 0.851 bits per heavy atom. The maximum absolute atomic E-state index is 14.5. The fraction of sp³-hybridized carbons (Fsp3) is 0.846. The van der Waals surface area contributed by atoms with Gasteiger partial charge >= 0.3 is 12.1 Å². The molecule has 2 unspecified atom stereocenters. The van der Waals surface area contributed by atoms with Gasteiger partial charge in [0.1, 0.15) is 11.7 Å². The van der Waals surface area contributed by atoms with Crippen molar-refractivity contribution in [3.63, 3.8) is 0 Å². The van der Waals surface area contributed by atoms with Gasteiger partial charge in [0.05, 0.1) is 0 Å². The van der Waals surface area contributed by atoms with Crippen molar-refractivity contribution in [2.24, 2.45) is 50.7 Å². The van der Waals surface area contributed by atoms with Crippen molar-refractivity contribution in [3.8, 4) is 0 Å². The topological polar surface area (TPSA) is 111 Å².